The third kappa shape index (κ3) is 2.55. The largest absolute Gasteiger partial charge is 0.487 e. The molecule has 1 aliphatic heterocycles. The van der Waals surface area contributed by atoms with Crippen LogP contribution in [0.1, 0.15) is 57.1 Å². The molecule has 1 spiro atoms. The topological polar surface area (TPSA) is 35.2 Å². The monoisotopic (exact) mass is 323 g/mol. The Kier molecular flexibility index (Phi) is 3.61. The molecule has 1 aliphatic carbocycles. The van der Waals surface area contributed by atoms with E-state index in [1.165, 1.54) is 19.3 Å². The summed E-state index contributed by atoms with van der Waals surface area (Å²) >= 11 is 3.52. The average Bonchev–Trinajstić information content (AvgIpc) is 2.39. The lowest BCUT2D eigenvalue weighted by atomic mass is 9.73. The van der Waals surface area contributed by atoms with Gasteiger partial charge in [-0.2, -0.15) is 0 Å². The predicted octanol–water partition coefficient (Wildman–Crippen LogP) is 4.57. The maximum atomic E-state index is 6.39. The fraction of sp³-hybridized carbons (Fsp3) is 0.625. The molecule has 3 heteroatoms. The molecule has 1 atom stereocenters. The molecule has 2 N–H and O–H groups in total. The van der Waals surface area contributed by atoms with Crippen LogP contribution in [0.3, 0.4) is 0 Å². The first kappa shape index (κ1) is 13.4. The lowest BCUT2D eigenvalue weighted by Crippen LogP contribution is -2.45. The Balaban J connectivity index is 1.84. The van der Waals surface area contributed by atoms with Crippen molar-refractivity contribution in [1.29, 1.82) is 0 Å². The Labute approximate surface area is 123 Å². The number of rotatable bonds is 1. The molecule has 1 saturated carbocycles. The highest BCUT2D eigenvalue weighted by Gasteiger charge is 2.42. The maximum Gasteiger partial charge on any atom is 0.126 e. The number of ether oxygens (including phenoxy) is 1. The molecule has 1 aromatic rings. The van der Waals surface area contributed by atoms with Crippen LogP contribution in [0.15, 0.2) is 22.7 Å². The van der Waals surface area contributed by atoms with Gasteiger partial charge < -0.3 is 10.5 Å². The molecule has 0 aromatic heterocycles. The zero-order chi connectivity index (χ0) is 13.5. The molecule has 1 fully saturated rings. The summed E-state index contributed by atoms with van der Waals surface area (Å²) in [7, 11) is 0. The van der Waals surface area contributed by atoms with Crippen molar-refractivity contribution in [2.45, 2.75) is 57.1 Å². The maximum absolute atomic E-state index is 6.39. The smallest absolute Gasteiger partial charge is 0.126 e. The van der Waals surface area contributed by atoms with Gasteiger partial charge in [-0.15, -0.1) is 0 Å². The van der Waals surface area contributed by atoms with Crippen molar-refractivity contribution in [3.8, 4) is 5.75 Å². The average molecular weight is 324 g/mol. The van der Waals surface area contributed by atoms with Crippen LogP contribution in [0.25, 0.3) is 0 Å². The quantitative estimate of drug-likeness (QED) is 0.821. The van der Waals surface area contributed by atoms with Crippen LogP contribution in [0.5, 0.6) is 5.75 Å². The van der Waals surface area contributed by atoms with E-state index >= 15 is 0 Å². The summed E-state index contributed by atoms with van der Waals surface area (Å²) in [6, 6.07) is 6.33. The lowest BCUT2D eigenvalue weighted by Gasteiger charge is -2.45. The van der Waals surface area contributed by atoms with E-state index in [1.807, 2.05) is 6.07 Å². The van der Waals surface area contributed by atoms with E-state index in [4.69, 9.17) is 10.5 Å². The Morgan fingerprint density at radius 1 is 1.37 bits per heavy atom. The predicted molar refractivity (Wildman–Crippen MR) is 81.3 cm³/mol. The highest BCUT2D eigenvalue weighted by Crippen LogP contribution is 2.47. The Morgan fingerprint density at radius 3 is 2.79 bits per heavy atom. The number of hydrogen-bond donors (Lipinski definition) is 1. The number of hydrogen-bond acceptors (Lipinski definition) is 2. The molecule has 19 heavy (non-hydrogen) atoms. The SMILES string of the molecule is CCC1CCC2(CC1)CC(N)c1ccc(Br)cc1O2. The van der Waals surface area contributed by atoms with Gasteiger partial charge in [-0.25, -0.2) is 0 Å². The number of nitrogens with two attached hydrogens (primary N) is 1. The van der Waals surface area contributed by atoms with Crippen LogP contribution in [0.4, 0.5) is 0 Å². The van der Waals surface area contributed by atoms with Crippen LogP contribution in [0.2, 0.25) is 0 Å². The summed E-state index contributed by atoms with van der Waals surface area (Å²) in [5.41, 5.74) is 7.53. The molecule has 0 saturated heterocycles. The molecule has 0 bridgehead atoms. The van der Waals surface area contributed by atoms with Crippen molar-refractivity contribution in [2.75, 3.05) is 0 Å². The summed E-state index contributed by atoms with van der Waals surface area (Å²) in [6.07, 6.45) is 7.15. The highest BCUT2D eigenvalue weighted by molar-refractivity contribution is 9.10. The molecule has 3 rings (SSSR count). The van der Waals surface area contributed by atoms with Crippen molar-refractivity contribution < 1.29 is 4.74 Å². The fourth-order valence-corrected chi connectivity index (χ4v) is 3.95. The molecule has 1 heterocycles. The van der Waals surface area contributed by atoms with Crippen molar-refractivity contribution in [2.24, 2.45) is 11.7 Å². The molecular weight excluding hydrogens is 302 g/mol. The number of benzene rings is 1. The summed E-state index contributed by atoms with van der Waals surface area (Å²) in [6.45, 7) is 2.29. The van der Waals surface area contributed by atoms with Crippen LogP contribution in [0, 0.1) is 5.92 Å². The normalized spacial score (nSPS) is 33.8. The molecule has 0 amide bonds. The van der Waals surface area contributed by atoms with E-state index in [1.54, 1.807) is 0 Å². The number of fused-ring (bicyclic) bond motifs is 1. The van der Waals surface area contributed by atoms with Gasteiger partial charge in [-0.3, -0.25) is 0 Å². The second-order valence-corrected chi connectivity index (χ2v) is 7.05. The van der Waals surface area contributed by atoms with Crippen LogP contribution in [-0.4, -0.2) is 5.60 Å². The van der Waals surface area contributed by atoms with E-state index in [0.29, 0.717) is 0 Å². The van der Waals surface area contributed by atoms with E-state index in [-0.39, 0.29) is 11.6 Å². The first-order valence-electron chi connectivity index (χ1n) is 7.36. The van der Waals surface area contributed by atoms with Crippen LogP contribution in [-0.2, 0) is 0 Å². The van der Waals surface area contributed by atoms with Crippen molar-refractivity contribution in [3.05, 3.63) is 28.2 Å². The standard InChI is InChI=1S/C16H22BrNO/c1-2-11-5-7-16(8-6-11)10-14(18)13-4-3-12(17)9-15(13)19-16/h3-4,9,11,14H,2,5-8,10,18H2,1H3. The number of halogens is 1. The summed E-state index contributed by atoms with van der Waals surface area (Å²) in [4.78, 5) is 0. The Morgan fingerprint density at radius 2 is 2.11 bits per heavy atom. The Hall–Kier alpha value is -0.540. The van der Waals surface area contributed by atoms with Crippen molar-refractivity contribution in [3.63, 3.8) is 0 Å². The van der Waals surface area contributed by atoms with Gasteiger partial charge in [0.2, 0.25) is 0 Å². The van der Waals surface area contributed by atoms with Gasteiger partial charge in [-0.05, 0) is 43.7 Å². The summed E-state index contributed by atoms with van der Waals surface area (Å²) < 4.78 is 7.46. The molecule has 2 nitrogen and oxygen atoms in total. The van der Waals surface area contributed by atoms with E-state index < -0.39 is 0 Å². The van der Waals surface area contributed by atoms with Gasteiger partial charge in [0, 0.05) is 22.5 Å². The summed E-state index contributed by atoms with van der Waals surface area (Å²) in [5, 5.41) is 0. The lowest BCUT2D eigenvalue weighted by molar-refractivity contribution is -0.0110. The minimum atomic E-state index is -0.00111. The summed E-state index contributed by atoms with van der Waals surface area (Å²) in [5.74, 6) is 1.87. The second-order valence-electron chi connectivity index (χ2n) is 6.13. The van der Waals surface area contributed by atoms with Gasteiger partial charge in [0.05, 0.1) is 0 Å². The second kappa shape index (κ2) is 5.10. The first-order valence-corrected chi connectivity index (χ1v) is 8.15. The van der Waals surface area contributed by atoms with Gasteiger partial charge in [0.1, 0.15) is 11.4 Å². The van der Waals surface area contributed by atoms with Gasteiger partial charge in [0.15, 0.2) is 0 Å². The van der Waals surface area contributed by atoms with E-state index in [9.17, 15) is 0 Å². The molecule has 0 radical (unpaired) electrons. The van der Waals surface area contributed by atoms with E-state index in [2.05, 4.69) is 35.0 Å². The minimum absolute atomic E-state index is 0.00111. The highest BCUT2D eigenvalue weighted by atomic mass is 79.9. The van der Waals surface area contributed by atoms with Crippen molar-refractivity contribution >= 4 is 15.9 Å². The van der Waals surface area contributed by atoms with Gasteiger partial charge >= 0.3 is 0 Å². The van der Waals surface area contributed by atoms with Crippen LogP contribution >= 0.6 is 15.9 Å². The van der Waals surface area contributed by atoms with Gasteiger partial charge in [0.25, 0.3) is 0 Å². The zero-order valence-corrected chi connectivity index (χ0v) is 13.1. The van der Waals surface area contributed by atoms with Crippen LogP contribution < -0.4 is 10.5 Å². The van der Waals surface area contributed by atoms with Crippen molar-refractivity contribution in [1.82, 2.24) is 0 Å². The molecule has 2 aliphatic rings. The zero-order valence-electron chi connectivity index (χ0n) is 11.5. The van der Waals surface area contributed by atoms with E-state index in [0.717, 1.165) is 41.0 Å². The minimum Gasteiger partial charge on any atom is -0.487 e. The Bertz CT molecular complexity index is 466. The molecule has 104 valence electrons. The third-order valence-electron chi connectivity index (χ3n) is 4.89. The molecule has 1 aromatic carbocycles. The molecular formula is C16H22BrNO. The first-order chi connectivity index (χ1) is 9.12. The third-order valence-corrected chi connectivity index (χ3v) is 5.38. The molecule has 1 unspecified atom stereocenters. The fourth-order valence-electron chi connectivity index (χ4n) is 3.61. The van der Waals surface area contributed by atoms with Gasteiger partial charge in [-0.1, -0.05) is 35.3 Å².